The second kappa shape index (κ2) is 5.21. The second-order valence-corrected chi connectivity index (χ2v) is 4.16. The molecular weight excluding hydrogens is 214 g/mol. The van der Waals surface area contributed by atoms with Crippen molar-refractivity contribution in [1.82, 2.24) is 5.32 Å². The molecule has 0 radical (unpaired) electrons. The average Bonchev–Trinajstić information content (AvgIpc) is 2.71. The molecule has 1 atom stereocenters. The molecule has 0 saturated carbocycles. The number of hydrogen-bond donors (Lipinski definition) is 1. The lowest BCUT2D eigenvalue weighted by Crippen LogP contribution is -2.45. The summed E-state index contributed by atoms with van der Waals surface area (Å²) in [6, 6.07) is 3.34. The smallest absolute Gasteiger partial charge is 0.287 e. The van der Waals surface area contributed by atoms with Crippen LogP contribution in [0, 0.1) is 0 Å². The van der Waals surface area contributed by atoms with Crippen LogP contribution in [-0.4, -0.2) is 17.3 Å². The van der Waals surface area contributed by atoms with Gasteiger partial charge < -0.3 is 9.73 Å². The van der Waals surface area contributed by atoms with Crippen LogP contribution in [0.2, 0.25) is 0 Å². The van der Waals surface area contributed by atoms with Crippen molar-refractivity contribution in [3.05, 3.63) is 24.2 Å². The van der Waals surface area contributed by atoms with Gasteiger partial charge in [-0.25, -0.2) is 0 Å². The molecule has 1 heterocycles. The maximum Gasteiger partial charge on any atom is 0.287 e. The van der Waals surface area contributed by atoms with Gasteiger partial charge in [0.2, 0.25) is 0 Å². The van der Waals surface area contributed by atoms with E-state index in [1.54, 1.807) is 12.1 Å². The fourth-order valence-electron chi connectivity index (χ4n) is 1.28. The lowest BCUT2D eigenvalue weighted by atomic mass is 9.95. The Morgan fingerprint density at radius 2 is 2.40 bits per heavy atom. The molecule has 84 valence electrons. The summed E-state index contributed by atoms with van der Waals surface area (Å²) in [6.45, 7) is 4.01. The number of carbonyl (C=O) groups excluding carboxylic acids is 1. The van der Waals surface area contributed by atoms with Crippen LogP contribution in [0.4, 0.5) is 0 Å². The first kappa shape index (κ1) is 12.1. The lowest BCUT2D eigenvalue weighted by Gasteiger charge is -2.28. The summed E-state index contributed by atoms with van der Waals surface area (Å²) in [5, 5.41) is 2.93. The van der Waals surface area contributed by atoms with E-state index in [-0.39, 0.29) is 11.4 Å². The van der Waals surface area contributed by atoms with Crippen molar-refractivity contribution in [2.45, 2.75) is 32.2 Å². The minimum atomic E-state index is -0.258. The molecule has 4 heteroatoms. The van der Waals surface area contributed by atoms with Gasteiger partial charge in [-0.05, 0) is 31.9 Å². The second-order valence-electron chi connectivity index (χ2n) is 3.78. The first-order valence-electron chi connectivity index (χ1n) is 5.03. The number of halogens is 1. The molecule has 1 amide bonds. The molecule has 1 aromatic rings. The van der Waals surface area contributed by atoms with E-state index in [2.05, 4.69) is 5.32 Å². The summed E-state index contributed by atoms with van der Waals surface area (Å²) in [6.07, 6.45) is 3.07. The van der Waals surface area contributed by atoms with E-state index in [4.69, 9.17) is 16.0 Å². The summed E-state index contributed by atoms with van der Waals surface area (Å²) in [5.74, 6) is 0.682. The van der Waals surface area contributed by atoms with E-state index in [9.17, 15) is 4.79 Å². The van der Waals surface area contributed by atoms with Crippen LogP contribution < -0.4 is 5.32 Å². The molecule has 15 heavy (non-hydrogen) atoms. The zero-order valence-electron chi connectivity index (χ0n) is 9.05. The molecule has 1 rings (SSSR count). The predicted octanol–water partition coefficient (Wildman–Crippen LogP) is 2.81. The van der Waals surface area contributed by atoms with Crippen LogP contribution in [-0.2, 0) is 0 Å². The highest BCUT2D eigenvalue weighted by atomic mass is 35.5. The van der Waals surface area contributed by atoms with E-state index < -0.39 is 0 Å². The quantitative estimate of drug-likeness (QED) is 0.789. The number of rotatable bonds is 5. The Hall–Kier alpha value is -0.960. The van der Waals surface area contributed by atoms with E-state index in [0.717, 1.165) is 12.8 Å². The van der Waals surface area contributed by atoms with Crippen molar-refractivity contribution in [2.75, 3.05) is 5.88 Å². The fourth-order valence-corrected chi connectivity index (χ4v) is 1.70. The highest BCUT2D eigenvalue weighted by Crippen LogP contribution is 2.16. The molecule has 0 aliphatic carbocycles. The van der Waals surface area contributed by atoms with E-state index in [0.29, 0.717) is 11.6 Å². The van der Waals surface area contributed by atoms with E-state index >= 15 is 0 Å². The Labute approximate surface area is 94.8 Å². The first-order chi connectivity index (χ1) is 7.11. The summed E-state index contributed by atoms with van der Waals surface area (Å²) in [4.78, 5) is 11.7. The molecule has 1 aromatic heterocycles. The van der Waals surface area contributed by atoms with Crippen molar-refractivity contribution in [1.29, 1.82) is 0 Å². The third-order valence-corrected chi connectivity index (χ3v) is 2.78. The third kappa shape index (κ3) is 3.27. The number of carbonyl (C=O) groups is 1. The Balaban J connectivity index is 2.63. The molecule has 0 aliphatic heterocycles. The summed E-state index contributed by atoms with van der Waals surface area (Å²) in [5.41, 5.74) is -0.258. The van der Waals surface area contributed by atoms with Crippen LogP contribution in [0.15, 0.2) is 22.8 Å². The van der Waals surface area contributed by atoms with E-state index in [1.165, 1.54) is 6.26 Å². The summed E-state index contributed by atoms with van der Waals surface area (Å²) in [7, 11) is 0. The number of furan rings is 1. The average molecular weight is 230 g/mol. The maximum absolute atomic E-state index is 11.7. The van der Waals surface area contributed by atoms with Gasteiger partial charge in [-0.3, -0.25) is 4.79 Å². The fraction of sp³-hybridized carbons (Fsp3) is 0.545. The highest BCUT2D eigenvalue weighted by molar-refractivity contribution is 6.17. The van der Waals surface area contributed by atoms with Crippen molar-refractivity contribution < 1.29 is 9.21 Å². The third-order valence-electron chi connectivity index (χ3n) is 2.59. The molecule has 1 N–H and O–H groups in total. The lowest BCUT2D eigenvalue weighted by molar-refractivity contribution is 0.0873. The van der Waals surface area contributed by atoms with Gasteiger partial charge >= 0.3 is 0 Å². The zero-order chi connectivity index (χ0) is 11.3. The molecule has 0 saturated heterocycles. The van der Waals surface area contributed by atoms with Crippen molar-refractivity contribution >= 4 is 17.5 Å². The molecule has 3 nitrogen and oxygen atoms in total. The van der Waals surface area contributed by atoms with Crippen molar-refractivity contribution in [2.24, 2.45) is 0 Å². The van der Waals surface area contributed by atoms with Gasteiger partial charge in [0.15, 0.2) is 5.76 Å². The normalized spacial score (nSPS) is 14.6. The number of nitrogens with one attached hydrogen (secondary N) is 1. The minimum Gasteiger partial charge on any atom is -0.459 e. The molecule has 0 aromatic carbocycles. The Bertz CT molecular complexity index is 310. The maximum atomic E-state index is 11.7. The van der Waals surface area contributed by atoms with Crippen LogP contribution in [0.5, 0.6) is 0 Å². The van der Waals surface area contributed by atoms with Crippen molar-refractivity contribution in [3.63, 3.8) is 0 Å². The number of hydrogen-bond acceptors (Lipinski definition) is 2. The molecular formula is C11H16ClNO2. The van der Waals surface area contributed by atoms with Crippen LogP contribution in [0.25, 0.3) is 0 Å². The van der Waals surface area contributed by atoms with Gasteiger partial charge in [-0.1, -0.05) is 6.92 Å². The van der Waals surface area contributed by atoms with Crippen LogP contribution in [0.3, 0.4) is 0 Å². The topological polar surface area (TPSA) is 42.2 Å². The van der Waals surface area contributed by atoms with Gasteiger partial charge in [0.1, 0.15) is 0 Å². The Morgan fingerprint density at radius 1 is 1.67 bits per heavy atom. The number of alkyl halides is 1. The molecule has 0 spiro atoms. The van der Waals surface area contributed by atoms with Gasteiger partial charge in [-0.2, -0.15) is 0 Å². The van der Waals surface area contributed by atoms with Crippen LogP contribution in [0.1, 0.15) is 37.2 Å². The molecule has 0 fully saturated rings. The Morgan fingerprint density at radius 3 is 2.87 bits per heavy atom. The monoisotopic (exact) mass is 229 g/mol. The molecule has 0 bridgehead atoms. The van der Waals surface area contributed by atoms with Gasteiger partial charge in [0, 0.05) is 11.4 Å². The van der Waals surface area contributed by atoms with Crippen molar-refractivity contribution in [3.8, 4) is 0 Å². The molecule has 1 unspecified atom stereocenters. The number of amides is 1. The van der Waals surface area contributed by atoms with Gasteiger partial charge in [0.25, 0.3) is 5.91 Å². The largest absolute Gasteiger partial charge is 0.459 e. The Kier molecular flexibility index (Phi) is 4.21. The minimum absolute atomic E-state index is 0.186. The van der Waals surface area contributed by atoms with Gasteiger partial charge in [-0.15, -0.1) is 11.6 Å². The zero-order valence-corrected chi connectivity index (χ0v) is 9.80. The first-order valence-corrected chi connectivity index (χ1v) is 5.57. The highest BCUT2D eigenvalue weighted by Gasteiger charge is 2.24. The van der Waals surface area contributed by atoms with Crippen LogP contribution >= 0.6 is 11.6 Å². The van der Waals surface area contributed by atoms with E-state index in [1.807, 2.05) is 13.8 Å². The SMILES string of the molecule is CCC(C)(CCCl)NC(=O)c1ccco1. The standard InChI is InChI=1S/C11H16ClNO2/c1-3-11(2,6-7-12)13-10(14)9-5-4-8-15-9/h4-5,8H,3,6-7H2,1-2H3,(H,13,14). The summed E-state index contributed by atoms with van der Waals surface area (Å²) < 4.78 is 5.02. The molecule has 0 aliphatic rings. The predicted molar refractivity (Wildman–Crippen MR) is 60.2 cm³/mol. The summed E-state index contributed by atoms with van der Waals surface area (Å²) >= 11 is 5.70. The van der Waals surface area contributed by atoms with Gasteiger partial charge in [0.05, 0.1) is 6.26 Å².